The van der Waals surface area contributed by atoms with E-state index >= 15 is 0 Å². The molecule has 0 amide bonds. The van der Waals surface area contributed by atoms with Gasteiger partial charge in [0.05, 0.1) is 18.9 Å². The third-order valence-corrected chi connectivity index (χ3v) is 6.03. The van der Waals surface area contributed by atoms with Gasteiger partial charge in [0.2, 0.25) is 0 Å². The highest BCUT2D eigenvalue weighted by Crippen LogP contribution is 2.18. The van der Waals surface area contributed by atoms with E-state index in [1.165, 1.54) is 0 Å². The van der Waals surface area contributed by atoms with Crippen molar-refractivity contribution in [3.63, 3.8) is 0 Å². The first-order valence-electron chi connectivity index (χ1n) is 12.8. The maximum Gasteiger partial charge on any atom is 0.331 e. The van der Waals surface area contributed by atoms with Crippen molar-refractivity contribution < 1.29 is 14.3 Å². The van der Waals surface area contributed by atoms with Gasteiger partial charge >= 0.3 is 5.97 Å². The van der Waals surface area contributed by atoms with Crippen molar-refractivity contribution in [2.24, 2.45) is 4.99 Å². The topological polar surface area (TPSA) is 64.0 Å². The fourth-order valence-electron chi connectivity index (χ4n) is 4.02. The summed E-state index contributed by atoms with van der Waals surface area (Å²) in [5.41, 5.74) is 3.64. The number of pyridine rings is 1. The van der Waals surface area contributed by atoms with Crippen molar-refractivity contribution in [2.45, 2.75) is 19.4 Å². The fraction of sp³-hybridized carbons (Fsp3) is 0.219. The molecular formula is C32H33N3O3. The summed E-state index contributed by atoms with van der Waals surface area (Å²) in [4.78, 5) is 24.3. The summed E-state index contributed by atoms with van der Waals surface area (Å²) in [5, 5.41) is 0. The molecule has 0 radical (unpaired) electrons. The number of carbonyl (C=O) groups is 1. The highest BCUT2D eigenvalue weighted by Gasteiger charge is 2.21. The molecule has 194 valence electrons. The van der Waals surface area contributed by atoms with Gasteiger partial charge in [-0.1, -0.05) is 78.9 Å². The molecule has 4 aromatic rings. The zero-order valence-electron chi connectivity index (χ0n) is 21.9. The number of benzene rings is 3. The van der Waals surface area contributed by atoms with Crippen LogP contribution in [-0.4, -0.2) is 49.5 Å². The lowest BCUT2D eigenvalue weighted by molar-refractivity contribution is -0.144. The minimum absolute atomic E-state index is 0.302. The average Bonchev–Trinajstić information content (AvgIpc) is 2.97. The van der Waals surface area contributed by atoms with Crippen LogP contribution in [-0.2, 0) is 16.0 Å². The van der Waals surface area contributed by atoms with E-state index in [1.54, 1.807) is 6.20 Å². The predicted octanol–water partition coefficient (Wildman–Crippen LogP) is 5.61. The van der Waals surface area contributed by atoms with E-state index in [0.717, 1.165) is 34.0 Å². The van der Waals surface area contributed by atoms with Crippen LogP contribution in [0.4, 0.5) is 5.82 Å². The molecule has 1 atom stereocenters. The molecule has 0 fully saturated rings. The van der Waals surface area contributed by atoms with Gasteiger partial charge in [-0.2, -0.15) is 0 Å². The Bertz CT molecular complexity index is 1250. The zero-order chi connectivity index (χ0) is 26.6. The van der Waals surface area contributed by atoms with E-state index in [2.05, 4.69) is 4.98 Å². The molecule has 4 rings (SSSR count). The van der Waals surface area contributed by atoms with E-state index in [-0.39, 0.29) is 5.97 Å². The number of carbonyl (C=O) groups excluding carboxylic acids is 1. The van der Waals surface area contributed by atoms with Crippen molar-refractivity contribution in [3.8, 4) is 5.75 Å². The third-order valence-electron chi connectivity index (χ3n) is 6.03. The quantitative estimate of drug-likeness (QED) is 0.184. The second kappa shape index (κ2) is 13.7. The number of hydrogen-bond acceptors (Lipinski definition) is 6. The number of hydrogen-bond donors (Lipinski definition) is 0. The minimum Gasteiger partial charge on any atom is -0.492 e. The summed E-state index contributed by atoms with van der Waals surface area (Å²) >= 11 is 0. The van der Waals surface area contributed by atoms with E-state index in [1.807, 2.05) is 122 Å². The lowest BCUT2D eigenvalue weighted by Gasteiger charge is -2.18. The minimum atomic E-state index is -0.677. The maximum absolute atomic E-state index is 13.0. The smallest absolute Gasteiger partial charge is 0.331 e. The fourth-order valence-corrected chi connectivity index (χ4v) is 4.02. The first-order valence-corrected chi connectivity index (χ1v) is 12.8. The molecule has 0 aliphatic heterocycles. The highest BCUT2D eigenvalue weighted by atomic mass is 16.5. The summed E-state index contributed by atoms with van der Waals surface area (Å²) in [6.07, 6.45) is 2.20. The molecule has 0 saturated carbocycles. The van der Waals surface area contributed by atoms with Gasteiger partial charge < -0.3 is 14.4 Å². The number of aromatic nitrogens is 1. The van der Waals surface area contributed by atoms with Crippen LogP contribution in [0.5, 0.6) is 5.75 Å². The van der Waals surface area contributed by atoms with Gasteiger partial charge in [0.15, 0.2) is 6.04 Å². The molecule has 6 nitrogen and oxygen atoms in total. The van der Waals surface area contributed by atoms with Crippen LogP contribution in [0.2, 0.25) is 0 Å². The van der Waals surface area contributed by atoms with Gasteiger partial charge in [-0.25, -0.2) is 9.78 Å². The van der Waals surface area contributed by atoms with E-state index < -0.39 is 6.04 Å². The Labute approximate surface area is 224 Å². The van der Waals surface area contributed by atoms with Crippen LogP contribution in [0.25, 0.3) is 0 Å². The van der Waals surface area contributed by atoms with Crippen LogP contribution in [0.3, 0.4) is 0 Å². The first kappa shape index (κ1) is 26.6. The average molecular weight is 508 g/mol. The first-order chi connectivity index (χ1) is 18.6. The molecule has 0 aliphatic rings. The predicted molar refractivity (Wildman–Crippen MR) is 152 cm³/mol. The molecule has 1 heterocycles. The number of likely N-dealkylation sites (N-methyl/N-ethyl adjacent to an activating group) is 1. The number of nitrogens with zero attached hydrogens (tertiary/aromatic N) is 3. The molecule has 0 bridgehead atoms. The Morgan fingerprint density at radius 2 is 1.50 bits per heavy atom. The van der Waals surface area contributed by atoms with Crippen LogP contribution in [0, 0.1) is 0 Å². The van der Waals surface area contributed by atoms with Crippen molar-refractivity contribution in [3.05, 3.63) is 126 Å². The van der Waals surface area contributed by atoms with E-state index in [0.29, 0.717) is 26.2 Å². The van der Waals surface area contributed by atoms with Gasteiger partial charge in [0, 0.05) is 30.8 Å². The monoisotopic (exact) mass is 507 g/mol. The molecule has 0 spiro atoms. The lowest BCUT2D eigenvalue weighted by atomic mass is 10.0. The highest BCUT2D eigenvalue weighted by molar-refractivity contribution is 6.13. The standard InChI is InChI=1S/C32H33N3O3/c1-3-37-32(36)29(34-31(26-12-6-4-7-13-26)27-14-8-5-9-15-27)24-25-17-19-28(20-18-25)38-23-22-35(2)30-16-10-11-21-33-30/h4-21,29H,3,22-24H2,1-2H3. The van der Waals surface area contributed by atoms with Gasteiger partial charge in [0.25, 0.3) is 0 Å². The Kier molecular flexibility index (Phi) is 9.63. The maximum atomic E-state index is 13.0. The third kappa shape index (κ3) is 7.53. The number of anilines is 1. The Morgan fingerprint density at radius 1 is 0.868 bits per heavy atom. The largest absolute Gasteiger partial charge is 0.492 e. The summed E-state index contributed by atoms with van der Waals surface area (Å²) in [6.45, 7) is 3.35. The Hall–Kier alpha value is -4.45. The van der Waals surface area contributed by atoms with E-state index in [9.17, 15) is 4.79 Å². The molecule has 1 unspecified atom stereocenters. The normalized spacial score (nSPS) is 11.3. The lowest BCUT2D eigenvalue weighted by Crippen LogP contribution is -2.26. The van der Waals surface area contributed by atoms with Gasteiger partial charge in [-0.05, 0) is 36.8 Å². The summed E-state index contributed by atoms with van der Waals surface area (Å²) in [5.74, 6) is 1.34. The second-order valence-electron chi connectivity index (χ2n) is 8.78. The van der Waals surface area contributed by atoms with Gasteiger partial charge in [-0.3, -0.25) is 4.99 Å². The molecule has 38 heavy (non-hydrogen) atoms. The Balaban J connectivity index is 1.47. The van der Waals surface area contributed by atoms with Crippen LogP contribution < -0.4 is 9.64 Å². The van der Waals surface area contributed by atoms with Crippen molar-refractivity contribution in [2.75, 3.05) is 31.7 Å². The molecule has 1 aromatic heterocycles. The Morgan fingerprint density at radius 3 is 2.08 bits per heavy atom. The number of esters is 1. The molecule has 3 aromatic carbocycles. The molecular weight excluding hydrogens is 474 g/mol. The van der Waals surface area contributed by atoms with Crippen molar-refractivity contribution in [1.82, 2.24) is 4.98 Å². The second-order valence-corrected chi connectivity index (χ2v) is 8.78. The molecule has 0 aliphatic carbocycles. The zero-order valence-corrected chi connectivity index (χ0v) is 21.9. The summed E-state index contributed by atoms with van der Waals surface area (Å²) in [7, 11) is 1.99. The van der Waals surface area contributed by atoms with Crippen LogP contribution in [0.15, 0.2) is 114 Å². The number of aliphatic imine (C=N–C) groups is 1. The molecule has 6 heteroatoms. The van der Waals surface area contributed by atoms with Crippen molar-refractivity contribution >= 4 is 17.5 Å². The summed E-state index contributed by atoms with van der Waals surface area (Å²) < 4.78 is 11.3. The summed E-state index contributed by atoms with van der Waals surface area (Å²) in [6, 6.07) is 32.8. The van der Waals surface area contributed by atoms with Crippen molar-refractivity contribution in [1.29, 1.82) is 0 Å². The molecule has 0 N–H and O–H groups in total. The SMILES string of the molecule is CCOC(=O)C(Cc1ccc(OCCN(C)c2ccccn2)cc1)N=C(c1ccccc1)c1ccccc1. The van der Waals surface area contributed by atoms with Crippen LogP contribution in [0.1, 0.15) is 23.6 Å². The van der Waals surface area contributed by atoms with Gasteiger partial charge in [0.1, 0.15) is 18.2 Å². The number of rotatable bonds is 12. The number of ether oxygens (including phenoxy) is 2. The van der Waals surface area contributed by atoms with E-state index in [4.69, 9.17) is 14.5 Å². The van der Waals surface area contributed by atoms with Crippen LogP contribution >= 0.6 is 0 Å². The molecule has 0 saturated heterocycles. The van der Waals surface area contributed by atoms with Gasteiger partial charge in [-0.15, -0.1) is 0 Å².